The Bertz CT molecular complexity index is 807. The van der Waals surface area contributed by atoms with Crippen LogP contribution in [0.2, 0.25) is 0 Å². The maximum absolute atomic E-state index is 11.9. The van der Waals surface area contributed by atoms with Gasteiger partial charge in [0.2, 0.25) is 0 Å². The van der Waals surface area contributed by atoms with Gasteiger partial charge in [-0.2, -0.15) is 0 Å². The van der Waals surface area contributed by atoms with E-state index in [1.165, 1.54) is 18.2 Å². The van der Waals surface area contributed by atoms with Crippen molar-refractivity contribution in [2.24, 2.45) is 0 Å². The summed E-state index contributed by atoms with van der Waals surface area (Å²) < 4.78 is 5.58. The number of nitrogens with zero attached hydrogens (tertiary/aromatic N) is 1. The largest absolute Gasteiger partial charge is 0.452 e. The Hall–Kier alpha value is -2.74. The molecule has 0 fully saturated rings. The molecule has 0 aromatic heterocycles. The van der Waals surface area contributed by atoms with E-state index in [2.05, 4.69) is 21.2 Å². The number of esters is 1. The smallest absolute Gasteiger partial charge is 0.338 e. The lowest BCUT2D eigenvalue weighted by molar-refractivity contribution is -0.384. The Kier molecular flexibility index (Phi) is 5.64. The van der Waals surface area contributed by atoms with E-state index >= 15 is 0 Å². The highest BCUT2D eigenvalue weighted by molar-refractivity contribution is 9.10. The summed E-state index contributed by atoms with van der Waals surface area (Å²) in [4.78, 5) is 33.8. The Balaban J connectivity index is 1.95. The van der Waals surface area contributed by atoms with Crippen LogP contribution >= 0.6 is 15.9 Å². The number of carbonyl (C=O) groups is 2. The number of non-ortho nitro benzene ring substituents is 1. The van der Waals surface area contributed by atoms with Crippen LogP contribution in [0.5, 0.6) is 0 Å². The van der Waals surface area contributed by atoms with Crippen molar-refractivity contribution >= 4 is 39.2 Å². The first kappa shape index (κ1) is 17.6. The van der Waals surface area contributed by atoms with Crippen LogP contribution in [-0.4, -0.2) is 23.4 Å². The number of carbonyl (C=O) groups excluding carboxylic acids is 2. The maximum Gasteiger partial charge on any atom is 0.338 e. The molecule has 124 valence electrons. The normalized spacial score (nSPS) is 10.1. The van der Waals surface area contributed by atoms with Crippen molar-refractivity contribution in [1.29, 1.82) is 0 Å². The van der Waals surface area contributed by atoms with E-state index < -0.39 is 23.4 Å². The van der Waals surface area contributed by atoms with Crippen molar-refractivity contribution in [3.63, 3.8) is 0 Å². The van der Waals surface area contributed by atoms with E-state index in [0.717, 1.165) is 11.6 Å². The fraction of sp³-hybridized carbons (Fsp3) is 0.125. The van der Waals surface area contributed by atoms with Gasteiger partial charge >= 0.3 is 5.97 Å². The number of amides is 1. The number of ether oxygens (including phenoxy) is 1. The summed E-state index contributed by atoms with van der Waals surface area (Å²) in [6.07, 6.45) is 0. The van der Waals surface area contributed by atoms with E-state index in [4.69, 9.17) is 4.74 Å². The second-order valence-corrected chi connectivity index (χ2v) is 5.77. The molecule has 0 atom stereocenters. The number of anilines is 1. The molecule has 2 rings (SSSR count). The predicted octanol–water partition coefficient (Wildman–Crippen LogP) is 3.46. The molecule has 0 heterocycles. The van der Waals surface area contributed by atoms with Crippen molar-refractivity contribution in [2.45, 2.75) is 6.92 Å². The molecule has 2 aromatic rings. The van der Waals surface area contributed by atoms with Gasteiger partial charge in [0, 0.05) is 16.6 Å². The van der Waals surface area contributed by atoms with Crippen molar-refractivity contribution in [3.8, 4) is 0 Å². The van der Waals surface area contributed by atoms with Crippen LogP contribution < -0.4 is 5.32 Å². The SMILES string of the molecule is Cc1ccc(NC(=O)COC(=O)c2cccc([N+](=O)[O-])c2)c(Br)c1. The number of hydrogen-bond acceptors (Lipinski definition) is 5. The first-order valence-electron chi connectivity index (χ1n) is 6.84. The highest BCUT2D eigenvalue weighted by Gasteiger charge is 2.14. The summed E-state index contributed by atoms with van der Waals surface area (Å²) in [5, 5.41) is 13.3. The van der Waals surface area contributed by atoms with Gasteiger partial charge in [-0.15, -0.1) is 0 Å². The fourth-order valence-electron chi connectivity index (χ4n) is 1.87. The Morgan fingerprint density at radius 3 is 2.67 bits per heavy atom. The van der Waals surface area contributed by atoms with Crippen LogP contribution in [0.25, 0.3) is 0 Å². The van der Waals surface area contributed by atoms with Crippen molar-refractivity contribution in [2.75, 3.05) is 11.9 Å². The Morgan fingerprint density at radius 2 is 2.00 bits per heavy atom. The molecule has 2 aromatic carbocycles. The third-order valence-electron chi connectivity index (χ3n) is 3.03. The number of aryl methyl sites for hydroxylation is 1. The van der Waals surface area contributed by atoms with Gasteiger partial charge in [-0.3, -0.25) is 14.9 Å². The maximum atomic E-state index is 11.9. The van der Waals surface area contributed by atoms with E-state index in [0.29, 0.717) is 10.2 Å². The van der Waals surface area contributed by atoms with Crippen molar-refractivity contribution in [3.05, 3.63) is 68.2 Å². The van der Waals surface area contributed by atoms with E-state index in [9.17, 15) is 19.7 Å². The zero-order chi connectivity index (χ0) is 17.7. The molecule has 0 bridgehead atoms. The molecular formula is C16H13BrN2O5. The average Bonchev–Trinajstić information content (AvgIpc) is 2.55. The molecule has 0 saturated carbocycles. The summed E-state index contributed by atoms with van der Waals surface area (Å²) >= 11 is 3.33. The lowest BCUT2D eigenvalue weighted by Gasteiger charge is -2.09. The number of hydrogen-bond donors (Lipinski definition) is 1. The van der Waals surface area contributed by atoms with E-state index in [-0.39, 0.29) is 11.3 Å². The molecule has 8 heteroatoms. The third kappa shape index (κ3) is 4.63. The number of halogens is 1. The highest BCUT2D eigenvalue weighted by atomic mass is 79.9. The van der Waals surface area contributed by atoms with E-state index in [1.807, 2.05) is 19.1 Å². The summed E-state index contributed by atoms with van der Waals surface area (Å²) in [6, 6.07) is 10.5. The molecule has 7 nitrogen and oxygen atoms in total. The summed E-state index contributed by atoms with van der Waals surface area (Å²) in [7, 11) is 0. The second kappa shape index (κ2) is 7.69. The average molecular weight is 393 g/mol. The minimum absolute atomic E-state index is 0.00789. The second-order valence-electron chi connectivity index (χ2n) is 4.92. The molecular weight excluding hydrogens is 380 g/mol. The third-order valence-corrected chi connectivity index (χ3v) is 3.68. The molecule has 0 saturated heterocycles. The van der Waals surface area contributed by atoms with Gasteiger partial charge in [-0.05, 0) is 46.6 Å². The number of benzene rings is 2. The Labute approximate surface area is 145 Å². The number of nitro benzene ring substituents is 1. The molecule has 0 spiro atoms. The quantitative estimate of drug-likeness (QED) is 0.477. The molecule has 1 N–H and O–H groups in total. The molecule has 0 unspecified atom stereocenters. The summed E-state index contributed by atoms with van der Waals surface area (Å²) in [5.74, 6) is -1.32. The molecule has 24 heavy (non-hydrogen) atoms. The van der Waals surface area contributed by atoms with Gasteiger partial charge in [0.25, 0.3) is 11.6 Å². The fourth-order valence-corrected chi connectivity index (χ4v) is 2.46. The predicted molar refractivity (Wildman–Crippen MR) is 90.9 cm³/mol. The minimum atomic E-state index is -0.808. The first-order chi connectivity index (χ1) is 11.4. The van der Waals surface area contributed by atoms with Crippen LogP contribution in [-0.2, 0) is 9.53 Å². The number of rotatable bonds is 5. The molecule has 0 aliphatic carbocycles. The van der Waals surface area contributed by atoms with Crippen LogP contribution in [0.4, 0.5) is 11.4 Å². The molecule has 0 aliphatic heterocycles. The molecule has 0 aliphatic rings. The van der Waals surface area contributed by atoms with Crippen LogP contribution in [0.1, 0.15) is 15.9 Å². The van der Waals surface area contributed by atoms with Gasteiger partial charge in [-0.1, -0.05) is 12.1 Å². The van der Waals surface area contributed by atoms with E-state index in [1.54, 1.807) is 6.07 Å². The van der Waals surface area contributed by atoms with Gasteiger partial charge in [0.1, 0.15) is 0 Å². The highest BCUT2D eigenvalue weighted by Crippen LogP contribution is 2.23. The van der Waals surface area contributed by atoms with Crippen molar-refractivity contribution in [1.82, 2.24) is 0 Å². The monoisotopic (exact) mass is 392 g/mol. The molecule has 0 radical (unpaired) electrons. The molecule has 1 amide bonds. The van der Waals surface area contributed by atoms with Gasteiger partial charge in [0.15, 0.2) is 6.61 Å². The lowest BCUT2D eigenvalue weighted by atomic mass is 10.2. The lowest BCUT2D eigenvalue weighted by Crippen LogP contribution is -2.21. The van der Waals surface area contributed by atoms with Gasteiger partial charge in [0.05, 0.1) is 16.2 Å². The van der Waals surface area contributed by atoms with Crippen molar-refractivity contribution < 1.29 is 19.2 Å². The van der Waals surface area contributed by atoms with Crippen LogP contribution in [0, 0.1) is 17.0 Å². The first-order valence-corrected chi connectivity index (χ1v) is 7.63. The number of nitrogens with one attached hydrogen (secondary N) is 1. The van der Waals surface area contributed by atoms with Crippen LogP contribution in [0.3, 0.4) is 0 Å². The standard InChI is InChI=1S/C16H13BrN2O5/c1-10-5-6-14(13(17)7-10)18-15(20)9-24-16(21)11-3-2-4-12(8-11)19(22)23/h2-8H,9H2,1H3,(H,18,20). The topological polar surface area (TPSA) is 98.5 Å². The summed E-state index contributed by atoms with van der Waals surface area (Å²) in [5.41, 5.74) is 1.36. The zero-order valence-electron chi connectivity index (χ0n) is 12.6. The Morgan fingerprint density at radius 1 is 1.25 bits per heavy atom. The zero-order valence-corrected chi connectivity index (χ0v) is 14.2. The van der Waals surface area contributed by atoms with Gasteiger partial charge in [-0.25, -0.2) is 4.79 Å². The summed E-state index contributed by atoms with van der Waals surface area (Å²) in [6.45, 7) is 1.42. The number of nitro groups is 1. The van der Waals surface area contributed by atoms with Crippen LogP contribution in [0.15, 0.2) is 46.9 Å². The minimum Gasteiger partial charge on any atom is -0.452 e. The van der Waals surface area contributed by atoms with Gasteiger partial charge < -0.3 is 10.1 Å².